The van der Waals surface area contributed by atoms with Crippen molar-refractivity contribution >= 4 is 29.0 Å². The van der Waals surface area contributed by atoms with Gasteiger partial charge < -0.3 is 29.2 Å². The van der Waals surface area contributed by atoms with Gasteiger partial charge in [0.05, 0.1) is 33.1 Å². The molecule has 1 aliphatic heterocycles. The Kier molecular flexibility index (Phi) is 7.08. The van der Waals surface area contributed by atoms with Gasteiger partial charge >= 0.3 is 6.01 Å². The maximum Gasteiger partial charge on any atom is 0.323 e. The molecule has 0 aliphatic carbocycles. The summed E-state index contributed by atoms with van der Waals surface area (Å²) >= 11 is 0. The van der Waals surface area contributed by atoms with Crippen LogP contribution >= 0.6 is 0 Å². The molecule has 2 aromatic carbocycles. The summed E-state index contributed by atoms with van der Waals surface area (Å²) in [5.41, 5.74) is 5.79. The molecule has 0 unspecified atom stereocenters. The van der Waals surface area contributed by atoms with Crippen LogP contribution < -0.4 is 19.8 Å². The average Bonchev–Trinajstić information content (AvgIpc) is 3.32. The standard InChI is InChI=1S/C25H27N7O4/c1-34-22-7-6-17(14-21(22)33)8-11-36-25-29-23(28-24(30-25)32-9-12-35-13-10-32)31-27-16-18-15-26-20-5-3-2-4-19(18)20/h2-7,14-16,26,33H,8-13H2,1H3,(H,28,29,30,31)/b27-16+. The average molecular weight is 490 g/mol. The Balaban J connectivity index is 1.30. The summed E-state index contributed by atoms with van der Waals surface area (Å²) in [6.45, 7) is 2.87. The number of nitrogens with one attached hydrogen (secondary N) is 2. The van der Waals surface area contributed by atoms with Gasteiger partial charge in [0.2, 0.25) is 5.95 Å². The molecule has 5 rings (SSSR count). The number of benzene rings is 2. The summed E-state index contributed by atoms with van der Waals surface area (Å²) in [4.78, 5) is 18.6. The Morgan fingerprint density at radius 2 is 2.03 bits per heavy atom. The van der Waals surface area contributed by atoms with E-state index in [2.05, 4.69) is 30.5 Å². The Morgan fingerprint density at radius 1 is 1.17 bits per heavy atom. The molecule has 0 spiro atoms. The van der Waals surface area contributed by atoms with E-state index in [1.54, 1.807) is 18.3 Å². The number of hydrazone groups is 1. The Hall–Kier alpha value is -4.38. The first-order valence-corrected chi connectivity index (χ1v) is 11.6. The molecule has 0 radical (unpaired) electrons. The van der Waals surface area contributed by atoms with E-state index in [-0.39, 0.29) is 17.7 Å². The Labute approximate surface area is 207 Å². The number of rotatable bonds is 9. The van der Waals surface area contributed by atoms with Crippen molar-refractivity contribution < 1.29 is 19.3 Å². The first-order chi connectivity index (χ1) is 17.7. The van der Waals surface area contributed by atoms with Crippen LogP contribution in [0.1, 0.15) is 11.1 Å². The third kappa shape index (κ3) is 5.47. The van der Waals surface area contributed by atoms with Crippen LogP contribution in [-0.2, 0) is 11.2 Å². The van der Waals surface area contributed by atoms with Crippen LogP contribution in [0.3, 0.4) is 0 Å². The van der Waals surface area contributed by atoms with Gasteiger partial charge in [-0.1, -0.05) is 24.3 Å². The number of nitrogens with zero attached hydrogens (tertiary/aromatic N) is 5. The number of methoxy groups -OCH3 is 1. The maximum atomic E-state index is 10.00. The van der Waals surface area contributed by atoms with E-state index in [9.17, 15) is 5.11 Å². The van der Waals surface area contributed by atoms with Gasteiger partial charge in [0.15, 0.2) is 11.5 Å². The van der Waals surface area contributed by atoms with Crippen LogP contribution in [0.25, 0.3) is 10.9 Å². The van der Waals surface area contributed by atoms with Gasteiger partial charge in [0.25, 0.3) is 5.95 Å². The molecule has 11 nitrogen and oxygen atoms in total. The topological polar surface area (TPSA) is 130 Å². The van der Waals surface area contributed by atoms with Crippen molar-refractivity contribution in [3.63, 3.8) is 0 Å². The molecule has 11 heteroatoms. The molecule has 1 fully saturated rings. The highest BCUT2D eigenvalue weighted by atomic mass is 16.5. The fourth-order valence-electron chi connectivity index (χ4n) is 3.88. The van der Waals surface area contributed by atoms with E-state index in [0.717, 1.165) is 22.0 Å². The number of aromatic hydroxyl groups is 1. The molecule has 186 valence electrons. The van der Waals surface area contributed by atoms with Gasteiger partial charge in [-0.15, -0.1) is 0 Å². The van der Waals surface area contributed by atoms with Crippen LogP contribution in [0, 0.1) is 0 Å². The van der Waals surface area contributed by atoms with Crippen LogP contribution in [0.15, 0.2) is 53.8 Å². The van der Waals surface area contributed by atoms with Gasteiger partial charge in [0, 0.05) is 42.2 Å². The van der Waals surface area contributed by atoms with E-state index in [0.29, 0.717) is 51.0 Å². The number of anilines is 2. The predicted octanol–water partition coefficient (Wildman–Crippen LogP) is 2.97. The quantitative estimate of drug-likeness (QED) is 0.240. The van der Waals surface area contributed by atoms with E-state index in [1.807, 2.05) is 41.4 Å². The fourth-order valence-corrected chi connectivity index (χ4v) is 3.88. The number of fused-ring (bicyclic) bond motifs is 1. The number of hydrogen-bond donors (Lipinski definition) is 3. The second kappa shape index (κ2) is 10.9. The summed E-state index contributed by atoms with van der Waals surface area (Å²) in [6, 6.07) is 13.4. The highest BCUT2D eigenvalue weighted by Gasteiger charge is 2.17. The predicted molar refractivity (Wildman–Crippen MR) is 136 cm³/mol. The lowest BCUT2D eigenvalue weighted by Gasteiger charge is -2.26. The molecule has 1 aliphatic rings. The molecule has 1 saturated heterocycles. The van der Waals surface area contributed by atoms with Gasteiger partial charge in [-0.25, -0.2) is 5.43 Å². The Morgan fingerprint density at radius 3 is 2.86 bits per heavy atom. The number of H-pyrrole nitrogens is 1. The lowest BCUT2D eigenvalue weighted by Crippen LogP contribution is -2.37. The number of aromatic nitrogens is 4. The molecule has 36 heavy (non-hydrogen) atoms. The van der Waals surface area contributed by atoms with E-state index in [4.69, 9.17) is 14.2 Å². The van der Waals surface area contributed by atoms with Gasteiger partial charge in [-0.05, 0) is 23.8 Å². The molecule has 4 aromatic rings. The highest BCUT2D eigenvalue weighted by Crippen LogP contribution is 2.26. The van der Waals surface area contributed by atoms with Crippen LogP contribution in [0.5, 0.6) is 17.5 Å². The minimum Gasteiger partial charge on any atom is -0.504 e. The fraction of sp³-hybridized carbons (Fsp3) is 0.280. The number of ether oxygens (including phenoxy) is 3. The lowest BCUT2D eigenvalue weighted by molar-refractivity contribution is 0.122. The molecule has 0 saturated carbocycles. The van der Waals surface area contributed by atoms with Crippen LogP contribution in [-0.4, -0.2) is 71.3 Å². The zero-order valence-electron chi connectivity index (χ0n) is 19.8. The van der Waals surface area contributed by atoms with Crippen LogP contribution in [0.4, 0.5) is 11.9 Å². The highest BCUT2D eigenvalue weighted by molar-refractivity contribution is 5.99. The molecular weight excluding hydrogens is 462 g/mol. The lowest BCUT2D eigenvalue weighted by atomic mass is 10.1. The monoisotopic (exact) mass is 489 g/mol. The van der Waals surface area contributed by atoms with Crippen LogP contribution in [0.2, 0.25) is 0 Å². The summed E-state index contributed by atoms with van der Waals surface area (Å²) in [7, 11) is 1.51. The molecule has 0 atom stereocenters. The number of phenolic OH excluding ortho intramolecular Hbond substituents is 1. The van der Waals surface area contributed by atoms with E-state index < -0.39 is 0 Å². The Bertz CT molecular complexity index is 1350. The summed E-state index contributed by atoms with van der Waals surface area (Å²) < 4.78 is 16.4. The second-order valence-electron chi connectivity index (χ2n) is 8.11. The van der Waals surface area contributed by atoms with Crippen molar-refractivity contribution in [2.24, 2.45) is 5.10 Å². The first kappa shape index (κ1) is 23.4. The molecular formula is C25H27N7O4. The number of para-hydroxylation sites is 1. The van der Waals surface area contributed by atoms with Crippen molar-refractivity contribution in [3.8, 4) is 17.5 Å². The zero-order chi connectivity index (χ0) is 24.7. The van der Waals surface area contributed by atoms with Crippen molar-refractivity contribution in [1.82, 2.24) is 19.9 Å². The largest absolute Gasteiger partial charge is 0.504 e. The van der Waals surface area contributed by atoms with Crippen molar-refractivity contribution in [2.45, 2.75) is 6.42 Å². The second-order valence-corrected chi connectivity index (χ2v) is 8.11. The SMILES string of the molecule is COc1ccc(CCOc2nc(N/N=C/c3c[nH]c4ccccc34)nc(N3CCOCC3)n2)cc1O. The first-order valence-electron chi connectivity index (χ1n) is 11.6. The summed E-state index contributed by atoms with van der Waals surface area (Å²) in [5, 5.41) is 15.4. The normalized spacial score (nSPS) is 13.9. The minimum atomic E-state index is 0.0873. The smallest absolute Gasteiger partial charge is 0.323 e. The summed E-state index contributed by atoms with van der Waals surface area (Å²) in [6.07, 6.45) is 4.17. The van der Waals surface area contributed by atoms with Crippen molar-refractivity contribution in [1.29, 1.82) is 0 Å². The number of aromatic amines is 1. The third-order valence-electron chi connectivity index (χ3n) is 5.75. The number of morpholine rings is 1. The van der Waals surface area contributed by atoms with E-state index >= 15 is 0 Å². The number of hydrogen-bond acceptors (Lipinski definition) is 10. The maximum absolute atomic E-state index is 10.00. The van der Waals surface area contributed by atoms with Gasteiger partial charge in [-0.3, -0.25) is 0 Å². The molecule has 3 N–H and O–H groups in total. The summed E-state index contributed by atoms with van der Waals surface area (Å²) in [5.74, 6) is 1.29. The third-order valence-corrected chi connectivity index (χ3v) is 5.75. The molecule has 0 amide bonds. The van der Waals surface area contributed by atoms with E-state index in [1.165, 1.54) is 7.11 Å². The van der Waals surface area contributed by atoms with Crippen molar-refractivity contribution in [3.05, 3.63) is 59.8 Å². The zero-order valence-corrected chi connectivity index (χ0v) is 19.8. The molecule has 0 bridgehead atoms. The molecule has 3 heterocycles. The minimum absolute atomic E-state index is 0.0873. The van der Waals surface area contributed by atoms with Gasteiger partial charge in [0.1, 0.15) is 0 Å². The van der Waals surface area contributed by atoms with Gasteiger partial charge in [-0.2, -0.15) is 20.1 Å². The van der Waals surface area contributed by atoms with Crippen molar-refractivity contribution in [2.75, 3.05) is 50.3 Å². The molecule has 2 aromatic heterocycles. The number of phenols is 1.